The van der Waals surface area contributed by atoms with Crippen LogP contribution in [-0.4, -0.2) is 47.0 Å². The van der Waals surface area contributed by atoms with E-state index in [1.807, 2.05) is 6.26 Å². The molecule has 1 aromatic carbocycles. The highest BCUT2D eigenvalue weighted by molar-refractivity contribution is 7.99. The van der Waals surface area contributed by atoms with Crippen LogP contribution in [-0.2, 0) is 9.59 Å². The van der Waals surface area contributed by atoms with E-state index >= 15 is 0 Å². The van der Waals surface area contributed by atoms with Crippen LogP contribution in [0.2, 0.25) is 0 Å². The Balaban J connectivity index is 2.22. The summed E-state index contributed by atoms with van der Waals surface area (Å²) in [6, 6.07) is 5.95. The molecule has 108 valence electrons. The number of likely N-dealkylation sites (tertiary alicyclic amines) is 1. The monoisotopic (exact) mass is 297 g/mol. The maximum absolute atomic E-state index is 13.3. The van der Waals surface area contributed by atoms with Crippen molar-refractivity contribution in [3.63, 3.8) is 0 Å². The van der Waals surface area contributed by atoms with Crippen molar-refractivity contribution in [3.05, 3.63) is 35.6 Å². The second kappa shape index (κ2) is 6.26. The summed E-state index contributed by atoms with van der Waals surface area (Å²) in [6.07, 6.45) is 1.83. The molecule has 0 aliphatic carbocycles. The fourth-order valence-corrected chi connectivity index (χ4v) is 2.98. The Kier molecular flexibility index (Phi) is 4.65. The zero-order valence-corrected chi connectivity index (χ0v) is 11.9. The van der Waals surface area contributed by atoms with E-state index in [1.54, 1.807) is 17.0 Å². The number of carboxylic acid groups (broad SMARTS) is 1. The van der Waals surface area contributed by atoms with Crippen LogP contribution in [0.3, 0.4) is 0 Å². The van der Waals surface area contributed by atoms with Crippen molar-refractivity contribution in [2.45, 2.75) is 5.92 Å². The number of benzene rings is 1. The summed E-state index contributed by atoms with van der Waals surface area (Å²) < 4.78 is 13.3. The number of carbonyl (C=O) groups is 2. The third-order valence-electron chi connectivity index (χ3n) is 3.53. The largest absolute Gasteiger partial charge is 0.481 e. The predicted molar refractivity (Wildman–Crippen MR) is 75.2 cm³/mol. The average molecular weight is 297 g/mol. The molecule has 6 heteroatoms. The van der Waals surface area contributed by atoms with E-state index in [1.165, 1.54) is 23.9 Å². The van der Waals surface area contributed by atoms with Gasteiger partial charge in [0.05, 0.1) is 11.7 Å². The van der Waals surface area contributed by atoms with Crippen molar-refractivity contribution in [3.8, 4) is 0 Å². The number of hydrogen-bond acceptors (Lipinski definition) is 3. The van der Waals surface area contributed by atoms with Gasteiger partial charge in [-0.05, 0) is 24.0 Å². The van der Waals surface area contributed by atoms with E-state index in [2.05, 4.69) is 0 Å². The van der Waals surface area contributed by atoms with E-state index < -0.39 is 11.9 Å². The van der Waals surface area contributed by atoms with Crippen molar-refractivity contribution in [2.75, 3.05) is 25.1 Å². The standard InChI is InChI=1S/C14H16FNO3S/c1-20-8-13(17)16-6-11(12(7-16)14(18)19)9-3-2-4-10(15)5-9/h2-5,11-12H,6-8H2,1H3,(H,18,19)/t11-,12+/m0/s1. The van der Waals surface area contributed by atoms with Crippen LogP contribution < -0.4 is 0 Å². The summed E-state index contributed by atoms with van der Waals surface area (Å²) in [5, 5.41) is 9.31. The third-order valence-corrected chi connectivity index (χ3v) is 4.07. The molecule has 0 bridgehead atoms. The van der Waals surface area contributed by atoms with Gasteiger partial charge in [-0.3, -0.25) is 9.59 Å². The van der Waals surface area contributed by atoms with Gasteiger partial charge in [-0.2, -0.15) is 11.8 Å². The Hall–Kier alpha value is -1.56. The van der Waals surface area contributed by atoms with Crippen LogP contribution in [0.15, 0.2) is 24.3 Å². The third kappa shape index (κ3) is 3.12. The van der Waals surface area contributed by atoms with Crippen molar-refractivity contribution in [2.24, 2.45) is 5.92 Å². The zero-order chi connectivity index (χ0) is 14.7. The van der Waals surface area contributed by atoms with Crippen LogP contribution in [0.1, 0.15) is 11.5 Å². The molecule has 0 aromatic heterocycles. The normalized spacial score (nSPS) is 22.0. The van der Waals surface area contributed by atoms with Crippen molar-refractivity contribution >= 4 is 23.6 Å². The number of rotatable bonds is 4. The lowest BCUT2D eigenvalue weighted by Gasteiger charge is -2.16. The Morgan fingerprint density at radius 1 is 1.45 bits per heavy atom. The summed E-state index contributed by atoms with van der Waals surface area (Å²) in [6.45, 7) is 0.524. The Morgan fingerprint density at radius 3 is 2.80 bits per heavy atom. The molecule has 1 amide bonds. The lowest BCUT2D eigenvalue weighted by Crippen LogP contribution is -2.31. The van der Waals surface area contributed by atoms with Crippen LogP contribution in [0.4, 0.5) is 4.39 Å². The van der Waals surface area contributed by atoms with Crippen molar-refractivity contribution < 1.29 is 19.1 Å². The minimum Gasteiger partial charge on any atom is -0.481 e. The summed E-state index contributed by atoms with van der Waals surface area (Å²) in [7, 11) is 0. The molecule has 1 heterocycles. The second-order valence-corrected chi connectivity index (χ2v) is 5.70. The minimum atomic E-state index is -0.946. The van der Waals surface area contributed by atoms with E-state index in [0.717, 1.165) is 0 Å². The first-order chi connectivity index (χ1) is 9.52. The first-order valence-corrected chi connectivity index (χ1v) is 7.67. The van der Waals surface area contributed by atoms with Gasteiger partial charge in [0.1, 0.15) is 5.82 Å². The predicted octanol–water partition coefficient (Wildman–Crippen LogP) is 1.82. The van der Waals surface area contributed by atoms with Crippen LogP contribution in [0.25, 0.3) is 0 Å². The summed E-state index contributed by atoms with van der Waals surface area (Å²) in [5.41, 5.74) is 0.636. The lowest BCUT2D eigenvalue weighted by molar-refractivity contribution is -0.141. The number of carbonyl (C=O) groups excluding carboxylic acids is 1. The van der Waals surface area contributed by atoms with E-state index in [4.69, 9.17) is 0 Å². The van der Waals surface area contributed by atoms with Gasteiger partial charge in [-0.15, -0.1) is 0 Å². The van der Waals surface area contributed by atoms with Crippen LogP contribution >= 0.6 is 11.8 Å². The Morgan fingerprint density at radius 2 is 2.20 bits per heavy atom. The quantitative estimate of drug-likeness (QED) is 0.921. The van der Waals surface area contributed by atoms with Crippen LogP contribution in [0, 0.1) is 11.7 Å². The maximum atomic E-state index is 13.3. The SMILES string of the molecule is CSCC(=O)N1C[C@@H](C(=O)O)[C@H](c2cccc(F)c2)C1. The van der Waals surface area contributed by atoms with E-state index in [9.17, 15) is 19.1 Å². The topological polar surface area (TPSA) is 57.6 Å². The van der Waals surface area contributed by atoms with Crippen molar-refractivity contribution in [1.82, 2.24) is 4.90 Å². The minimum absolute atomic E-state index is 0.0670. The van der Waals surface area contributed by atoms with Gasteiger partial charge in [0, 0.05) is 19.0 Å². The lowest BCUT2D eigenvalue weighted by atomic mass is 9.89. The number of hydrogen-bond donors (Lipinski definition) is 1. The summed E-state index contributed by atoms with van der Waals surface area (Å²) in [5.74, 6) is -2.10. The summed E-state index contributed by atoms with van der Waals surface area (Å²) in [4.78, 5) is 24.8. The van der Waals surface area contributed by atoms with Gasteiger partial charge in [-0.25, -0.2) is 4.39 Å². The second-order valence-electron chi connectivity index (χ2n) is 4.84. The number of halogens is 1. The molecule has 2 atom stereocenters. The fraction of sp³-hybridized carbons (Fsp3) is 0.429. The molecule has 1 aliphatic heterocycles. The number of amides is 1. The highest BCUT2D eigenvalue weighted by Gasteiger charge is 2.40. The number of nitrogens with zero attached hydrogens (tertiary/aromatic N) is 1. The Bertz CT molecular complexity index is 523. The highest BCUT2D eigenvalue weighted by atomic mass is 32.2. The maximum Gasteiger partial charge on any atom is 0.308 e. The molecule has 4 nitrogen and oxygen atoms in total. The van der Waals surface area contributed by atoms with Crippen LogP contribution in [0.5, 0.6) is 0 Å². The van der Waals surface area contributed by atoms with Gasteiger partial charge in [0.25, 0.3) is 0 Å². The molecule has 0 spiro atoms. The summed E-state index contributed by atoms with van der Waals surface area (Å²) >= 11 is 1.41. The molecule has 1 saturated heterocycles. The molecular weight excluding hydrogens is 281 g/mol. The van der Waals surface area contributed by atoms with Gasteiger partial charge < -0.3 is 10.0 Å². The van der Waals surface area contributed by atoms with Gasteiger partial charge in [-0.1, -0.05) is 12.1 Å². The molecular formula is C14H16FNO3S. The molecule has 1 N–H and O–H groups in total. The Labute approximate surface area is 121 Å². The number of thioether (sulfide) groups is 1. The van der Waals surface area contributed by atoms with E-state index in [0.29, 0.717) is 17.9 Å². The van der Waals surface area contributed by atoms with Gasteiger partial charge in [0.15, 0.2) is 0 Å². The van der Waals surface area contributed by atoms with Gasteiger partial charge in [0.2, 0.25) is 5.91 Å². The molecule has 1 aliphatic rings. The molecule has 0 radical (unpaired) electrons. The first kappa shape index (κ1) is 14.8. The highest BCUT2D eigenvalue weighted by Crippen LogP contribution is 2.33. The number of aliphatic carboxylic acids is 1. The zero-order valence-electron chi connectivity index (χ0n) is 11.1. The molecule has 0 saturated carbocycles. The first-order valence-electron chi connectivity index (χ1n) is 6.28. The fourth-order valence-electron chi connectivity index (χ4n) is 2.55. The van der Waals surface area contributed by atoms with Gasteiger partial charge >= 0.3 is 5.97 Å². The van der Waals surface area contributed by atoms with Crippen molar-refractivity contribution in [1.29, 1.82) is 0 Å². The molecule has 0 unspecified atom stereocenters. The molecule has 20 heavy (non-hydrogen) atoms. The smallest absolute Gasteiger partial charge is 0.308 e. The molecule has 1 aromatic rings. The molecule has 2 rings (SSSR count). The average Bonchev–Trinajstić information content (AvgIpc) is 2.84. The van der Waals surface area contributed by atoms with E-state index in [-0.39, 0.29) is 24.2 Å². The molecule has 1 fully saturated rings. The number of carboxylic acids is 1.